The van der Waals surface area contributed by atoms with Crippen molar-refractivity contribution in [3.8, 4) is 5.75 Å². The van der Waals surface area contributed by atoms with Gasteiger partial charge in [-0.15, -0.1) is 0 Å². The standard InChI is InChI=1S/C19H19F2NO4/c1-2-25-19(24)12-22(11-14-6-4-3-5-7-14)18(23)13-26-17-9-8-15(20)10-16(17)21/h3-10H,2,11-13H2,1H3. The molecule has 0 aliphatic rings. The molecule has 2 aromatic rings. The summed E-state index contributed by atoms with van der Waals surface area (Å²) < 4.78 is 36.5. The Bertz CT molecular complexity index is 752. The van der Waals surface area contributed by atoms with E-state index in [1.54, 1.807) is 6.92 Å². The average molecular weight is 363 g/mol. The fourth-order valence-electron chi connectivity index (χ4n) is 2.22. The third-order valence-corrected chi connectivity index (χ3v) is 3.44. The topological polar surface area (TPSA) is 55.8 Å². The highest BCUT2D eigenvalue weighted by Gasteiger charge is 2.19. The molecule has 0 saturated carbocycles. The first-order valence-corrected chi connectivity index (χ1v) is 8.04. The zero-order valence-corrected chi connectivity index (χ0v) is 14.3. The van der Waals surface area contributed by atoms with Crippen molar-refractivity contribution >= 4 is 11.9 Å². The van der Waals surface area contributed by atoms with Gasteiger partial charge in [0.15, 0.2) is 18.2 Å². The fourth-order valence-corrected chi connectivity index (χ4v) is 2.22. The Balaban J connectivity index is 2.04. The fraction of sp³-hybridized carbons (Fsp3) is 0.263. The zero-order chi connectivity index (χ0) is 18.9. The van der Waals surface area contributed by atoms with Gasteiger partial charge >= 0.3 is 5.97 Å². The van der Waals surface area contributed by atoms with E-state index in [1.165, 1.54) is 4.90 Å². The molecule has 0 fully saturated rings. The van der Waals surface area contributed by atoms with E-state index < -0.39 is 30.1 Å². The molecule has 138 valence electrons. The molecule has 0 radical (unpaired) electrons. The number of carbonyl (C=O) groups excluding carboxylic acids is 2. The smallest absolute Gasteiger partial charge is 0.325 e. The minimum atomic E-state index is -0.905. The van der Waals surface area contributed by atoms with E-state index in [1.807, 2.05) is 30.3 Å². The Morgan fingerprint density at radius 2 is 1.81 bits per heavy atom. The summed E-state index contributed by atoms with van der Waals surface area (Å²) in [6.07, 6.45) is 0. The largest absolute Gasteiger partial charge is 0.481 e. The molecule has 5 nitrogen and oxygen atoms in total. The number of carbonyl (C=O) groups is 2. The summed E-state index contributed by atoms with van der Waals surface area (Å²) in [6.45, 7) is 1.30. The van der Waals surface area contributed by atoms with Gasteiger partial charge in [-0.3, -0.25) is 9.59 Å². The van der Waals surface area contributed by atoms with E-state index in [0.29, 0.717) is 6.07 Å². The van der Waals surface area contributed by atoms with Crippen molar-refractivity contribution in [3.05, 3.63) is 65.7 Å². The molecule has 1 amide bonds. The summed E-state index contributed by atoms with van der Waals surface area (Å²) in [5.74, 6) is -2.96. The van der Waals surface area contributed by atoms with Crippen molar-refractivity contribution in [1.29, 1.82) is 0 Å². The second kappa shape index (κ2) is 9.50. The van der Waals surface area contributed by atoms with Crippen LogP contribution in [0.25, 0.3) is 0 Å². The summed E-state index contributed by atoms with van der Waals surface area (Å²) in [6, 6.07) is 11.9. The first kappa shape index (κ1) is 19.4. The van der Waals surface area contributed by atoms with Gasteiger partial charge in [-0.25, -0.2) is 8.78 Å². The van der Waals surface area contributed by atoms with Gasteiger partial charge in [-0.2, -0.15) is 0 Å². The lowest BCUT2D eigenvalue weighted by atomic mass is 10.2. The van der Waals surface area contributed by atoms with Crippen LogP contribution in [0.15, 0.2) is 48.5 Å². The molecule has 2 aromatic carbocycles. The molecular formula is C19H19F2NO4. The van der Waals surface area contributed by atoms with Gasteiger partial charge in [0.1, 0.15) is 12.4 Å². The second-order valence-corrected chi connectivity index (χ2v) is 5.40. The number of esters is 1. The molecule has 0 saturated heterocycles. The summed E-state index contributed by atoms with van der Waals surface area (Å²) in [4.78, 5) is 25.4. The summed E-state index contributed by atoms with van der Waals surface area (Å²) in [7, 11) is 0. The average Bonchev–Trinajstić information content (AvgIpc) is 2.61. The highest BCUT2D eigenvalue weighted by atomic mass is 19.1. The van der Waals surface area contributed by atoms with Gasteiger partial charge in [0.25, 0.3) is 5.91 Å². The number of ether oxygens (including phenoxy) is 2. The minimum Gasteiger partial charge on any atom is -0.481 e. The van der Waals surface area contributed by atoms with Crippen LogP contribution in [0.2, 0.25) is 0 Å². The molecule has 0 aliphatic heterocycles. The lowest BCUT2D eigenvalue weighted by Crippen LogP contribution is -2.39. The Kier molecular flexibility index (Phi) is 7.08. The Hall–Kier alpha value is -2.96. The van der Waals surface area contributed by atoms with Gasteiger partial charge < -0.3 is 14.4 Å². The second-order valence-electron chi connectivity index (χ2n) is 5.40. The van der Waals surface area contributed by atoms with Crippen molar-refractivity contribution < 1.29 is 27.8 Å². The highest BCUT2D eigenvalue weighted by Crippen LogP contribution is 2.17. The van der Waals surface area contributed by atoms with E-state index in [2.05, 4.69) is 0 Å². The quantitative estimate of drug-likeness (QED) is 0.677. The summed E-state index contributed by atoms with van der Waals surface area (Å²) >= 11 is 0. The van der Waals surface area contributed by atoms with Crippen LogP contribution in [0.1, 0.15) is 12.5 Å². The van der Waals surface area contributed by atoms with Crippen LogP contribution in [-0.2, 0) is 20.9 Å². The molecule has 0 heterocycles. The zero-order valence-electron chi connectivity index (χ0n) is 14.3. The Labute approximate surface area is 150 Å². The van der Waals surface area contributed by atoms with Crippen LogP contribution in [0, 0.1) is 11.6 Å². The molecule has 7 heteroatoms. The van der Waals surface area contributed by atoms with Crippen LogP contribution in [0.5, 0.6) is 5.75 Å². The van der Waals surface area contributed by atoms with E-state index in [-0.39, 0.29) is 25.4 Å². The van der Waals surface area contributed by atoms with Crippen molar-refractivity contribution in [2.75, 3.05) is 19.8 Å². The number of amides is 1. The Morgan fingerprint density at radius 1 is 1.08 bits per heavy atom. The third-order valence-electron chi connectivity index (χ3n) is 3.44. The number of rotatable bonds is 8. The van der Waals surface area contributed by atoms with E-state index >= 15 is 0 Å². The number of benzene rings is 2. The molecular weight excluding hydrogens is 344 g/mol. The van der Waals surface area contributed by atoms with Gasteiger partial charge in [0.05, 0.1) is 6.61 Å². The van der Waals surface area contributed by atoms with Crippen LogP contribution < -0.4 is 4.74 Å². The SMILES string of the molecule is CCOC(=O)CN(Cc1ccccc1)C(=O)COc1ccc(F)cc1F. The number of hydrogen-bond acceptors (Lipinski definition) is 4. The maximum absolute atomic E-state index is 13.6. The predicted molar refractivity (Wildman–Crippen MR) is 90.3 cm³/mol. The van der Waals surface area contributed by atoms with Crippen LogP contribution >= 0.6 is 0 Å². The van der Waals surface area contributed by atoms with Crippen molar-refractivity contribution in [2.24, 2.45) is 0 Å². The molecule has 0 unspecified atom stereocenters. The van der Waals surface area contributed by atoms with Gasteiger partial charge in [0, 0.05) is 12.6 Å². The maximum Gasteiger partial charge on any atom is 0.325 e. The monoisotopic (exact) mass is 363 g/mol. The molecule has 0 aromatic heterocycles. The number of nitrogens with zero attached hydrogens (tertiary/aromatic N) is 1. The van der Waals surface area contributed by atoms with Crippen LogP contribution in [0.3, 0.4) is 0 Å². The lowest BCUT2D eigenvalue weighted by molar-refractivity contribution is -0.150. The number of halogens is 2. The van der Waals surface area contributed by atoms with Crippen molar-refractivity contribution in [3.63, 3.8) is 0 Å². The molecule has 0 bridgehead atoms. The molecule has 0 atom stereocenters. The number of hydrogen-bond donors (Lipinski definition) is 0. The maximum atomic E-state index is 13.6. The van der Waals surface area contributed by atoms with E-state index in [4.69, 9.17) is 9.47 Å². The van der Waals surface area contributed by atoms with Crippen LogP contribution in [-0.4, -0.2) is 36.5 Å². The summed E-state index contributed by atoms with van der Waals surface area (Å²) in [5.41, 5.74) is 0.818. The van der Waals surface area contributed by atoms with Gasteiger partial charge in [-0.1, -0.05) is 30.3 Å². The molecule has 2 rings (SSSR count). The van der Waals surface area contributed by atoms with E-state index in [9.17, 15) is 18.4 Å². The predicted octanol–water partition coefficient (Wildman–Crippen LogP) is 2.94. The minimum absolute atomic E-state index is 0.174. The molecule has 26 heavy (non-hydrogen) atoms. The molecule has 0 aliphatic carbocycles. The first-order valence-electron chi connectivity index (χ1n) is 8.04. The molecule has 0 N–H and O–H groups in total. The van der Waals surface area contributed by atoms with E-state index in [0.717, 1.165) is 17.7 Å². The highest BCUT2D eigenvalue weighted by molar-refractivity contribution is 5.83. The van der Waals surface area contributed by atoms with Crippen molar-refractivity contribution in [1.82, 2.24) is 4.90 Å². The Morgan fingerprint density at radius 3 is 2.46 bits per heavy atom. The molecule has 0 spiro atoms. The van der Waals surface area contributed by atoms with Crippen LogP contribution in [0.4, 0.5) is 8.78 Å². The van der Waals surface area contributed by atoms with Gasteiger partial charge in [0.2, 0.25) is 0 Å². The first-order chi connectivity index (χ1) is 12.5. The normalized spacial score (nSPS) is 10.3. The summed E-state index contributed by atoms with van der Waals surface area (Å²) in [5, 5.41) is 0. The van der Waals surface area contributed by atoms with Gasteiger partial charge in [-0.05, 0) is 24.6 Å². The third kappa shape index (κ3) is 5.84. The van der Waals surface area contributed by atoms with Crippen molar-refractivity contribution in [2.45, 2.75) is 13.5 Å². The lowest BCUT2D eigenvalue weighted by Gasteiger charge is -2.22.